The lowest BCUT2D eigenvalue weighted by molar-refractivity contribution is -0.140. The first-order valence-electron chi connectivity index (χ1n) is 11.7. The topological polar surface area (TPSA) is 61.6 Å². The number of carbonyl (C=O) groups excluding carboxylic acids is 1. The number of ether oxygens (including phenoxy) is 2. The van der Waals surface area contributed by atoms with Crippen molar-refractivity contribution in [3.8, 4) is 17.2 Å². The number of oxazole rings is 1. The van der Waals surface area contributed by atoms with Crippen LogP contribution >= 0.6 is 0 Å². The quantitative estimate of drug-likeness (QED) is 0.269. The highest BCUT2D eigenvalue weighted by Crippen LogP contribution is 2.35. The smallest absolute Gasteiger partial charge is 0.305 e. The Morgan fingerprint density at radius 1 is 1.06 bits per heavy atom. The lowest BCUT2D eigenvalue weighted by atomic mass is 9.87. The molecule has 1 aliphatic carbocycles. The third kappa shape index (κ3) is 5.72. The molecular weight excluding hydrogens is 414 g/mol. The molecular formula is C28H31NO4. The first kappa shape index (κ1) is 22.8. The van der Waals surface area contributed by atoms with Crippen molar-refractivity contribution in [1.82, 2.24) is 4.98 Å². The van der Waals surface area contributed by atoms with Gasteiger partial charge in [0.15, 0.2) is 0 Å². The van der Waals surface area contributed by atoms with Crippen LogP contribution in [0.15, 0.2) is 59.0 Å². The molecule has 5 nitrogen and oxygen atoms in total. The van der Waals surface area contributed by atoms with E-state index in [1.165, 1.54) is 23.8 Å². The van der Waals surface area contributed by atoms with Crippen LogP contribution < -0.4 is 4.74 Å². The van der Waals surface area contributed by atoms with Crippen molar-refractivity contribution in [1.29, 1.82) is 0 Å². The van der Waals surface area contributed by atoms with Crippen LogP contribution in [-0.2, 0) is 22.4 Å². The summed E-state index contributed by atoms with van der Waals surface area (Å²) in [7, 11) is 1.44. The highest BCUT2D eigenvalue weighted by molar-refractivity contribution is 5.72. The molecule has 3 aromatic rings. The molecule has 0 N–H and O–H groups in total. The normalized spacial score (nSPS) is 12.7. The van der Waals surface area contributed by atoms with E-state index in [2.05, 4.69) is 29.3 Å². The molecule has 4 rings (SSSR count). The molecule has 0 radical (unpaired) electrons. The monoisotopic (exact) mass is 445 g/mol. The maximum Gasteiger partial charge on any atom is 0.305 e. The molecule has 0 unspecified atom stereocenters. The van der Waals surface area contributed by atoms with Gasteiger partial charge in [-0.2, -0.15) is 0 Å². The largest absolute Gasteiger partial charge is 0.493 e. The number of carbonyl (C=O) groups is 1. The molecule has 5 heteroatoms. The second-order valence-corrected chi connectivity index (χ2v) is 8.32. The van der Waals surface area contributed by atoms with Gasteiger partial charge in [0.25, 0.3) is 0 Å². The fraction of sp³-hybridized carbons (Fsp3) is 0.357. The number of fused-ring (bicyclic) bond motifs is 1. The second-order valence-electron chi connectivity index (χ2n) is 8.32. The number of esters is 1. The van der Waals surface area contributed by atoms with Gasteiger partial charge in [0, 0.05) is 24.0 Å². The van der Waals surface area contributed by atoms with Gasteiger partial charge in [0.05, 0.1) is 19.4 Å². The van der Waals surface area contributed by atoms with Gasteiger partial charge in [-0.1, -0.05) is 36.4 Å². The SMILES string of the molecule is COC(=O)CCCCC1=CCCc2c(OCCc3nc(-c4ccccc4)oc3C)cccc21. The lowest BCUT2D eigenvalue weighted by Crippen LogP contribution is -2.08. The number of unbranched alkanes of at least 4 members (excludes halogenated alkanes) is 1. The van der Waals surface area contributed by atoms with Crippen LogP contribution in [0.25, 0.3) is 17.0 Å². The summed E-state index contributed by atoms with van der Waals surface area (Å²) >= 11 is 0. The summed E-state index contributed by atoms with van der Waals surface area (Å²) in [4.78, 5) is 16.0. The van der Waals surface area contributed by atoms with Gasteiger partial charge in [-0.15, -0.1) is 0 Å². The van der Waals surface area contributed by atoms with Crippen molar-refractivity contribution in [2.24, 2.45) is 0 Å². The van der Waals surface area contributed by atoms with Crippen LogP contribution in [0.3, 0.4) is 0 Å². The molecule has 0 aliphatic heterocycles. The highest BCUT2D eigenvalue weighted by Gasteiger charge is 2.17. The van der Waals surface area contributed by atoms with Crippen LogP contribution in [0.2, 0.25) is 0 Å². The first-order chi connectivity index (χ1) is 16.2. The Balaban J connectivity index is 1.36. The predicted octanol–water partition coefficient (Wildman–Crippen LogP) is 6.33. The summed E-state index contributed by atoms with van der Waals surface area (Å²) in [5, 5.41) is 0. The number of methoxy groups -OCH3 is 1. The second kappa shape index (κ2) is 11.0. The summed E-state index contributed by atoms with van der Waals surface area (Å²) in [5.74, 6) is 2.31. The van der Waals surface area contributed by atoms with Gasteiger partial charge < -0.3 is 13.9 Å². The van der Waals surface area contributed by atoms with E-state index in [9.17, 15) is 4.79 Å². The molecule has 0 amide bonds. The Bertz CT molecular complexity index is 1110. The van der Waals surface area contributed by atoms with Crippen LogP contribution in [0.1, 0.15) is 54.7 Å². The van der Waals surface area contributed by atoms with Crippen molar-refractivity contribution in [3.05, 3.63) is 77.2 Å². The summed E-state index contributed by atoms with van der Waals surface area (Å²) in [6, 6.07) is 16.3. The minimum Gasteiger partial charge on any atom is -0.493 e. The molecule has 33 heavy (non-hydrogen) atoms. The van der Waals surface area contributed by atoms with E-state index in [0.717, 1.165) is 54.9 Å². The molecule has 0 spiro atoms. The number of hydrogen-bond acceptors (Lipinski definition) is 5. The molecule has 0 atom stereocenters. The fourth-order valence-electron chi connectivity index (χ4n) is 4.31. The zero-order valence-electron chi connectivity index (χ0n) is 19.4. The maximum absolute atomic E-state index is 11.3. The molecule has 0 fully saturated rings. The van der Waals surface area contributed by atoms with E-state index in [1.54, 1.807) is 0 Å². The molecule has 0 saturated carbocycles. The van der Waals surface area contributed by atoms with E-state index in [-0.39, 0.29) is 5.97 Å². The molecule has 0 bridgehead atoms. The molecule has 1 aromatic heterocycles. The fourth-order valence-corrected chi connectivity index (χ4v) is 4.31. The Hall–Kier alpha value is -3.34. The van der Waals surface area contributed by atoms with E-state index >= 15 is 0 Å². The van der Waals surface area contributed by atoms with Crippen molar-refractivity contribution in [2.45, 2.75) is 51.9 Å². The maximum atomic E-state index is 11.3. The summed E-state index contributed by atoms with van der Waals surface area (Å²) in [6.07, 6.45) is 8.29. The zero-order valence-corrected chi connectivity index (χ0v) is 19.4. The standard InChI is InChI=1S/C28H31NO4/c1-20-25(29-28(33-20)22-11-4-3-5-12-22)18-19-32-26-16-9-14-23-21(13-8-15-24(23)26)10-6-7-17-27(30)31-2/h3-5,9,11-14,16H,6-8,10,15,17-19H2,1-2H3. The van der Waals surface area contributed by atoms with Crippen LogP contribution in [0.4, 0.5) is 0 Å². The number of rotatable bonds is 10. The molecule has 2 aromatic carbocycles. The van der Waals surface area contributed by atoms with E-state index < -0.39 is 0 Å². The number of allylic oxidation sites excluding steroid dienone is 2. The molecule has 172 valence electrons. The van der Waals surface area contributed by atoms with Crippen molar-refractivity contribution < 1.29 is 18.7 Å². The number of benzene rings is 2. The number of aromatic nitrogens is 1. The Kier molecular flexibility index (Phi) is 7.61. The Labute approximate surface area is 195 Å². The van der Waals surface area contributed by atoms with Crippen LogP contribution in [-0.4, -0.2) is 24.7 Å². The average Bonchev–Trinajstić information content (AvgIpc) is 3.22. The van der Waals surface area contributed by atoms with Gasteiger partial charge in [-0.05, 0) is 68.4 Å². The molecule has 1 heterocycles. The average molecular weight is 446 g/mol. The summed E-state index contributed by atoms with van der Waals surface area (Å²) < 4.78 is 16.8. The number of hydrogen-bond donors (Lipinski definition) is 0. The number of nitrogens with zero attached hydrogens (tertiary/aromatic N) is 1. The van der Waals surface area contributed by atoms with Gasteiger partial charge in [-0.25, -0.2) is 4.98 Å². The minimum atomic E-state index is -0.137. The van der Waals surface area contributed by atoms with Crippen molar-refractivity contribution >= 4 is 11.5 Å². The lowest BCUT2D eigenvalue weighted by Gasteiger charge is -2.21. The third-order valence-corrected chi connectivity index (χ3v) is 6.08. The predicted molar refractivity (Wildman–Crippen MR) is 129 cm³/mol. The van der Waals surface area contributed by atoms with Crippen LogP contribution in [0, 0.1) is 6.92 Å². The zero-order chi connectivity index (χ0) is 23.0. The third-order valence-electron chi connectivity index (χ3n) is 6.08. The van der Waals surface area contributed by atoms with Crippen molar-refractivity contribution in [2.75, 3.05) is 13.7 Å². The minimum absolute atomic E-state index is 0.137. The van der Waals surface area contributed by atoms with E-state index in [4.69, 9.17) is 13.9 Å². The van der Waals surface area contributed by atoms with Gasteiger partial charge in [0.1, 0.15) is 11.5 Å². The van der Waals surface area contributed by atoms with Gasteiger partial charge in [0.2, 0.25) is 5.89 Å². The Morgan fingerprint density at radius 3 is 2.73 bits per heavy atom. The van der Waals surface area contributed by atoms with Crippen molar-refractivity contribution in [3.63, 3.8) is 0 Å². The highest BCUT2D eigenvalue weighted by atomic mass is 16.5. The van der Waals surface area contributed by atoms with Gasteiger partial charge in [-0.3, -0.25) is 4.79 Å². The van der Waals surface area contributed by atoms with E-state index in [0.29, 0.717) is 25.3 Å². The summed E-state index contributed by atoms with van der Waals surface area (Å²) in [5.41, 5.74) is 5.83. The molecule has 1 aliphatic rings. The van der Waals surface area contributed by atoms with Crippen LogP contribution in [0.5, 0.6) is 5.75 Å². The number of aryl methyl sites for hydroxylation is 1. The summed E-state index contributed by atoms with van der Waals surface area (Å²) in [6.45, 7) is 2.51. The van der Waals surface area contributed by atoms with E-state index in [1.807, 2.05) is 37.3 Å². The Morgan fingerprint density at radius 2 is 1.91 bits per heavy atom. The van der Waals surface area contributed by atoms with Gasteiger partial charge >= 0.3 is 5.97 Å². The first-order valence-corrected chi connectivity index (χ1v) is 11.7. The molecule has 0 saturated heterocycles.